The number of methoxy groups -OCH3 is 1. The number of amides is 1. The van der Waals surface area contributed by atoms with Gasteiger partial charge in [-0.15, -0.1) is 0 Å². The molecule has 1 amide bonds. The number of benzene rings is 1. The number of rotatable bonds is 8. The van der Waals surface area contributed by atoms with Crippen molar-refractivity contribution in [2.75, 3.05) is 20.3 Å². The van der Waals surface area contributed by atoms with E-state index in [2.05, 4.69) is 5.32 Å². The van der Waals surface area contributed by atoms with Gasteiger partial charge in [-0.3, -0.25) is 4.79 Å². The van der Waals surface area contributed by atoms with Crippen molar-refractivity contribution in [1.29, 1.82) is 0 Å². The second-order valence-corrected chi connectivity index (χ2v) is 4.88. The van der Waals surface area contributed by atoms with Gasteiger partial charge in [-0.1, -0.05) is 18.2 Å². The van der Waals surface area contributed by atoms with E-state index >= 15 is 0 Å². The third-order valence-electron chi connectivity index (χ3n) is 3.18. The maximum Gasteiger partial charge on any atom is 0.257 e. The largest absolute Gasteiger partial charge is 0.493 e. The lowest BCUT2D eigenvalue weighted by Crippen LogP contribution is -2.30. The van der Waals surface area contributed by atoms with E-state index < -0.39 is 0 Å². The number of nitrogens with one attached hydrogen (secondary N) is 1. The predicted molar refractivity (Wildman–Crippen MR) is 88.6 cm³/mol. The SMILES string of the molecule is CC=Cc1ccc(OCC(=O)NCCc2ccco2)c(OC)c1. The number of allylic oxidation sites excluding steroid dienone is 1. The first-order chi connectivity index (χ1) is 11.2. The zero-order valence-corrected chi connectivity index (χ0v) is 13.4. The quantitative estimate of drug-likeness (QED) is 0.813. The van der Waals surface area contributed by atoms with Crippen LogP contribution in [0.5, 0.6) is 11.5 Å². The van der Waals surface area contributed by atoms with E-state index in [1.165, 1.54) is 0 Å². The van der Waals surface area contributed by atoms with Crippen molar-refractivity contribution in [1.82, 2.24) is 5.32 Å². The van der Waals surface area contributed by atoms with E-state index in [0.717, 1.165) is 11.3 Å². The number of carbonyl (C=O) groups is 1. The fraction of sp³-hybridized carbons (Fsp3) is 0.278. The highest BCUT2D eigenvalue weighted by atomic mass is 16.5. The van der Waals surface area contributed by atoms with Crippen LogP contribution in [0.1, 0.15) is 18.2 Å². The summed E-state index contributed by atoms with van der Waals surface area (Å²) in [4.78, 5) is 11.8. The molecule has 0 aliphatic heterocycles. The summed E-state index contributed by atoms with van der Waals surface area (Å²) in [6, 6.07) is 9.27. The van der Waals surface area contributed by atoms with Crippen LogP contribution in [0.4, 0.5) is 0 Å². The summed E-state index contributed by atoms with van der Waals surface area (Å²) in [5.41, 5.74) is 1.01. The van der Waals surface area contributed by atoms with Crippen LogP contribution in [0, 0.1) is 0 Å². The van der Waals surface area contributed by atoms with Crippen LogP contribution in [0.15, 0.2) is 47.1 Å². The van der Waals surface area contributed by atoms with Crippen LogP contribution >= 0.6 is 0 Å². The first kappa shape index (κ1) is 16.7. The van der Waals surface area contributed by atoms with Crippen molar-refractivity contribution < 1.29 is 18.7 Å². The molecule has 1 aromatic heterocycles. The molecule has 0 saturated heterocycles. The Morgan fingerprint density at radius 3 is 2.87 bits per heavy atom. The van der Waals surface area contributed by atoms with Gasteiger partial charge in [0.1, 0.15) is 5.76 Å². The summed E-state index contributed by atoms with van der Waals surface area (Å²) in [7, 11) is 1.57. The monoisotopic (exact) mass is 315 g/mol. The number of furan rings is 1. The molecule has 0 fully saturated rings. The molecule has 0 bridgehead atoms. The van der Waals surface area contributed by atoms with Crippen LogP contribution in [0.2, 0.25) is 0 Å². The zero-order valence-electron chi connectivity index (χ0n) is 13.4. The third kappa shape index (κ3) is 5.21. The summed E-state index contributed by atoms with van der Waals surface area (Å²) < 4.78 is 16.0. The molecule has 0 atom stereocenters. The van der Waals surface area contributed by atoms with Crippen molar-refractivity contribution in [3.05, 3.63) is 54.0 Å². The zero-order chi connectivity index (χ0) is 16.5. The maximum absolute atomic E-state index is 11.8. The third-order valence-corrected chi connectivity index (χ3v) is 3.18. The Morgan fingerprint density at radius 2 is 2.17 bits per heavy atom. The Balaban J connectivity index is 1.81. The van der Waals surface area contributed by atoms with Crippen molar-refractivity contribution in [3.8, 4) is 11.5 Å². The summed E-state index contributed by atoms with van der Waals surface area (Å²) in [6.45, 7) is 2.40. The number of hydrogen-bond donors (Lipinski definition) is 1. The van der Waals surface area contributed by atoms with Gasteiger partial charge in [0.15, 0.2) is 18.1 Å². The standard InChI is InChI=1S/C18H21NO4/c1-3-5-14-7-8-16(17(12-14)21-2)23-13-18(20)19-10-9-15-6-4-11-22-15/h3-8,11-12H,9-10,13H2,1-2H3,(H,19,20). The maximum atomic E-state index is 11.8. The first-order valence-corrected chi connectivity index (χ1v) is 7.45. The van der Waals surface area contributed by atoms with Crippen molar-refractivity contribution >= 4 is 12.0 Å². The minimum absolute atomic E-state index is 0.0581. The molecule has 23 heavy (non-hydrogen) atoms. The van der Waals surface area contributed by atoms with Crippen LogP contribution in [-0.4, -0.2) is 26.2 Å². The summed E-state index contributed by atoms with van der Waals surface area (Å²) >= 11 is 0. The number of carbonyl (C=O) groups excluding carboxylic acids is 1. The number of ether oxygens (including phenoxy) is 2. The molecule has 1 N–H and O–H groups in total. The van der Waals surface area contributed by atoms with Gasteiger partial charge < -0.3 is 19.2 Å². The van der Waals surface area contributed by atoms with Crippen molar-refractivity contribution in [3.63, 3.8) is 0 Å². The molecule has 0 saturated carbocycles. The van der Waals surface area contributed by atoms with Crippen LogP contribution < -0.4 is 14.8 Å². The van der Waals surface area contributed by atoms with Crippen LogP contribution in [-0.2, 0) is 11.2 Å². The molecule has 122 valence electrons. The molecule has 0 unspecified atom stereocenters. The van der Waals surface area contributed by atoms with E-state index in [-0.39, 0.29) is 12.5 Å². The van der Waals surface area contributed by atoms with E-state index in [9.17, 15) is 4.79 Å². The highest BCUT2D eigenvalue weighted by molar-refractivity contribution is 5.77. The Morgan fingerprint density at radius 1 is 1.30 bits per heavy atom. The molecule has 5 heteroatoms. The Labute approximate surface area is 135 Å². The topological polar surface area (TPSA) is 60.7 Å². The first-order valence-electron chi connectivity index (χ1n) is 7.45. The Kier molecular flexibility index (Phi) is 6.29. The molecule has 2 rings (SSSR count). The lowest BCUT2D eigenvalue weighted by atomic mass is 10.2. The molecule has 5 nitrogen and oxygen atoms in total. The van der Waals surface area contributed by atoms with Gasteiger partial charge in [0, 0.05) is 13.0 Å². The van der Waals surface area contributed by atoms with Crippen LogP contribution in [0.3, 0.4) is 0 Å². The van der Waals surface area contributed by atoms with Gasteiger partial charge in [-0.05, 0) is 36.8 Å². The minimum atomic E-state index is -0.184. The smallest absolute Gasteiger partial charge is 0.257 e. The van der Waals surface area contributed by atoms with Gasteiger partial charge in [0.05, 0.1) is 13.4 Å². The second kappa shape index (κ2) is 8.68. The second-order valence-electron chi connectivity index (χ2n) is 4.88. The van der Waals surface area contributed by atoms with E-state index in [4.69, 9.17) is 13.9 Å². The molecule has 1 aromatic carbocycles. The molecule has 2 aromatic rings. The summed E-state index contributed by atoms with van der Waals surface area (Å²) in [5.74, 6) is 1.80. The lowest BCUT2D eigenvalue weighted by Gasteiger charge is -2.11. The van der Waals surface area contributed by atoms with Crippen molar-refractivity contribution in [2.45, 2.75) is 13.3 Å². The van der Waals surface area contributed by atoms with Gasteiger partial charge in [0.2, 0.25) is 0 Å². The average molecular weight is 315 g/mol. The molecule has 0 radical (unpaired) electrons. The average Bonchev–Trinajstić information content (AvgIpc) is 3.07. The number of hydrogen-bond acceptors (Lipinski definition) is 4. The summed E-state index contributed by atoms with van der Waals surface area (Å²) in [5, 5.41) is 2.78. The van der Waals surface area contributed by atoms with E-state index in [1.54, 1.807) is 19.4 Å². The molecule has 0 spiro atoms. The molecule has 0 aliphatic carbocycles. The van der Waals surface area contributed by atoms with E-state index in [0.29, 0.717) is 24.5 Å². The van der Waals surface area contributed by atoms with Gasteiger partial charge in [-0.25, -0.2) is 0 Å². The Bertz CT molecular complexity index is 647. The normalized spacial score (nSPS) is 10.7. The fourth-order valence-electron chi connectivity index (χ4n) is 2.07. The highest BCUT2D eigenvalue weighted by Crippen LogP contribution is 2.28. The molecule has 1 heterocycles. The van der Waals surface area contributed by atoms with Gasteiger partial charge in [-0.2, -0.15) is 0 Å². The highest BCUT2D eigenvalue weighted by Gasteiger charge is 2.08. The summed E-state index contributed by atoms with van der Waals surface area (Å²) in [6.07, 6.45) is 6.18. The lowest BCUT2D eigenvalue weighted by molar-refractivity contribution is -0.123. The molecule has 0 aliphatic rings. The molecular weight excluding hydrogens is 294 g/mol. The van der Waals surface area contributed by atoms with Crippen LogP contribution in [0.25, 0.3) is 6.08 Å². The predicted octanol–water partition coefficient (Wildman–Crippen LogP) is 3.06. The van der Waals surface area contributed by atoms with E-state index in [1.807, 2.05) is 43.3 Å². The van der Waals surface area contributed by atoms with Gasteiger partial charge >= 0.3 is 0 Å². The van der Waals surface area contributed by atoms with Gasteiger partial charge in [0.25, 0.3) is 5.91 Å². The Hall–Kier alpha value is -2.69. The van der Waals surface area contributed by atoms with Crippen molar-refractivity contribution in [2.24, 2.45) is 0 Å². The fourth-order valence-corrected chi connectivity index (χ4v) is 2.07. The minimum Gasteiger partial charge on any atom is -0.493 e. The molecular formula is C18H21NO4.